The fourth-order valence-corrected chi connectivity index (χ4v) is 3.71. The SMILES string of the molecule is CC(=O)NC(CS[C@H](/C=C/C=C/C=C\C/C=C\CCC(=O)O)[C@@H](O)CCCC(=O)O)C(=O)O. The van der Waals surface area contributed by atoms with Crippen LogP contribution >= 0.6 is 11.8 Å². The van der Waals surface area contributed by atoms with Crippen molar-refractivity contribution in [3.63, 3.8) is 0 Å². The molecule has 3 atom stereocenters. The Kier molecular flexibility index (Phi) is 17.1. The van der Waals surface area contributed by atoms with Crippen LogP contribution in [0.1, 0.15) is 45.4 Å². The lowest BCUT2D eigenvalue weighted by atomic mass is 10.1. The molecule has 1 unspecified atom stereocenters. The molecule has 33 heavy (non-hydrogen) atoms. The van der Waals surface area contributed by atoms with E-state index < -0.39 is 41.2 Å². The molecule has 10 heteroatoms. The fraction of sp³-hybridized carbons (Fsp3) is 0.478. The van der Waals surface area contributed by atoms with Gasteiger partial charge in [0, 0.05) is 30.8 Å². The summed E-state index contributed by atoms with van der Waals surface area (Å²) < 4.78 is 0. The zero-order valence-electron chi connectivity index (χ0n) is 18.6. The minimum Gasteiger partial charge on any atom is -0.481 e. The Morgan fingerprint density at radius 2 is 1.58 bits per heavy atom. The Bertz CT molecular complexity index is 745. The second kappa shape index (κ2) is 18.7. The fourth-order valence-electron chi connectivity index (χ4n) is 2.51. The van der Waals surface area contributed by atoms with Crippen LogP contribution in [0.4, 0.5) is 0 Å². The van der Waals surface area contributed by atoms with Crippen LogP contribution in [0.5, 0.6) is 0 Å². The summed E-state index contributed by atoms with van der Waals surface area (Å²) in [6, 6.07) is -1.10. The number of carbonyl (C=O) groups excluding carboxylic acids is 1. The predicted octanol–water partition coefficient (Wildman–Crippen LogP) is 2.77. The molecule has 0 aliphatic heterocycles. The van der Waals surface area contributed by atoms with E-state index in [0.717, 1.165) is 0 Å². The maximum atomic E-state index is 11.3. The molecule has 0 bridgehead atoms. The molecular formula is C23H33NO8S. The summed E-state index contributed by atoms with van der Waals surface area (Å²) in [7, 11) is 0. The Balaban J connectivity index is 4.83. The molecule has 0 aromatic heterocycles. The molecule has 0 aliphatic carbocycles. The van der Waals surface area contributed by atoms with Gasteiger partial charge in [-0.15, -0.1) is 11.8 Å². The summed E-state index contributed by atoms with van der Waals surface area (Å²) in [6.45, 7) is 1.23. The zero-order valence-corrected chi connectivity index (χ0v) is 19.4. The molecule has 9 nitrogen and oxygen atoms in total. The van der Waals surface area contributed by atoms with Gasteiger partial charge in [0.2, 0.25) is 5.91 Å². The number of carboxylic acids is 3. The van der Waals surface area contributed by atoms with Crippen molar-refractivity contribution in [2.24, 2.45) is 0 Å². The minimum atomic E-state index is -1.18. The number of aliphatic hydroxyl groups excluding tert-OH is 1. The molecule has 0 spiro atoms. The standard InChI is InChI=1S/C23H33NO8S/c1-17(25)24-18(23(31)32)16-33-20(19(26)12-11-15-22(29)30)13-9-7-5-3-2-4-6-8-10-14-21(27)28/h2-3,5-9,13,18-20,26H,4,10-12,14-16H2,1H3,(H,24,25)(H,27,28)(H,29,30)(H,31,32)/b3-2-,7-5+,8-6-,13-9+/t18?,19-,20+/m0/s1. The molecular weight excluding hydrogens is 450 g/mol. The second-order valence-electron chi connectivity index (χ2n) is 7.08. The van der Waals surface area contributed by atoms with E-state index in [1.165, 1.54) is 18.7 Å². The normalized spacial score (nSPS) is 14.7. The Labute approximate surface area is 198 Å². The lowest BCUT2D eigenvalue weighted by Gasteiger charge is -2.21. The van der Waals surface area contributed by atoms with Crippen molar-refractivity contribution in [1.29, 1.82) is 0 Å². The summed E-state index contributed by atoms with van der Waals surface area (Å²) in [5.41, 5.74) is 0. The Morgan fingerprint density at radius 1 is 0.909 bits per heavy atom. The average molecular weight is 484 g/mol. The van der Waals surface area contributed by atoms with Crippen molar-refractivity contribution in [3.05, 3.63) is 48.6 Å². The smallest absolute Gasteiger partial charge is 0.327 e. The van der Waals surface area contributed by atoms with Crippen LogP contribution in [-0.4, -0.2) is 67.4 Å². The van der Waals surface area contributed by atoms with Crippen molar-refractivity contribution < 1.29 is 39.6 Å². The van der Waals surface area contributed by atoms with E-state index >= 15 is 0 Å². The third kappa shape index (κ3) is 18.4. The van der Waals surface area contributed by atoms with Crippen molar-refractivity contribution in [2.45, 2.75) is 62.8 Å². The molecule has 0 aromatic carbocycles. The van der Waals surface area contributed by atoms with Crippen LogP contribution in [-0.2, 0) is 19.2 Å². The predicted molar refractivity (Wildman–Crippen MR) is 127 cm³/mol. The number of rotatable bonds is 18. The second-order valence-corrected chi connectivity index (χ2v) is 8.29. The number of carboxylic acid groups (broad SMARTS) is 3. The first-order valence-corrected chi connectivity index (χ1v) is 11.6. The van der Waals surface area contributed by atoms with Crippen molar-refractivity contribution in [3.8, 4) is 0 Å². The number of thioether (sulfide) groups is 1. The van der Waals surface area contributed by atoms with Gasteiger partial charge in [0.25, 0.3) is 0 Å². The maximum absolute atomic E-state index is 11.3. The monoisotopic (exact) mass is 483 g/mol. The number of amides is 1. The van der Waals surface area contributed by atoms with E-state index in [4.69, 9.17) is 10.2 Å². The van der Waals surface area contributed by atoms with Crippen molar-refractivity contribution >= 4 is 35.6 Å². The summed E-state index contributed by atoms with van der Waals surface area (Å²) >= 11 is 1.17. The van der Waals surface area contributed by atoms with Crippen LogP contribution < -0.4 is 5.32 Å². The lowest BCUT2D eigenvalue weighted by molar-refractivity contribution is -0.141. The topological polar surface area (TPSA) is 161 Å². The van der Waals surface area contributed by atoms with Gasteiger partial charge in [-0.2, -0.15) is 0 Å². The van der Waals surface area contributed by atoms with Crippen molar-refractivity contribution in [1.82, 2.24) is 5.32 Å². The van der Waals surface area contributed by atoms with Gasteiger partial charge >= 0.3 is 17.9 Å². The van der Waals surface area contributed by atoms with Crippen molar-refractivity contribution in [2.75, 3.05) is 5.75 Å². The summed E-state index contributed by atoms with van der Waals surface area (Å²) in [5, 5.41) is 38.9. The first kappa shape index (κ1) is 30.1. The number of hydrogen-bond acceptors (Lipinski definition) is 6. The van der Waals surface area contributed by atoms with Crippen LogP contribution in [0.2, 0.25) is 0 Å². The summed E-state index contributed by atoms with van der Waals surface area (Å²) in [4.78, 5) is 43.6. The third-order valence-corrected chi connectivity index (χ3v) is 5.52. The number of allylic oxidation sites excluding steroid dienone is 7. The highest BCUT2D eigenvalue weighted by molar-refractivity contribution is 8.00. The Hall–Kier alpha value is -2.85. The first-order valence-electron chi connectivity index (χ1n) is 10.5. The molecule has 0 saturated heterocycles. The average Bonchev–Trinajstić information content (AvgIpc) is 2.71. The van der Waals surface area contributed by atoms with E-state index in [9.17, 15) is 29.4 Å². The number of nitrogens with one attached hydrogen (secondary N) is 1. The zero-order chi connectivity index (χ0) is 25.1. The van der Waals surface area contributed by atoms with Gasteiger partial charge in [0.05, 0.1) is 6.10 Å². The minimum absolute atomic E-state index is 0.0394. The quantitative estimate of drug-likeness (QED) is 0.146. The molecule has 0 radical (unpaired) electrons. The van der Waals surface area contributed by atoms with E-state index in [2.05, 4.69) is 5.32 Å². The summed E-state index contributed by atoms with van der Waals surface area (Å²) in [5.74, 6) is -3.39. The number of aliphatic carboxylic acids is 3. The van der Waals surface area contributed by atoms with Crippen LogP contribution in [0.3, 0.4) is 0 Å². The van der Waals surface area contributed by atoms with Gasteiger partial charge in [-0.1, -0.05) is 48.6 Å². The van der Waals surface area contributed by atoms with Gasteiger partial charge in [-0.3, -0.25) is 14.4 Å². The molecule has 0 aliphatic rings. The van der Waals surface area contributed by atoms with E-state index in [-0.39, 0.29) is 31.4 Å². The molecule has 5 N–H and O–H groups in total. The van der Waals surface area contributed by atoms with E-state index in [1.54, 1.807) is 30.4 Å². The molecule has 1 amide bonds. The van der Waals surface area contributed by atoms with Crippen LogP contribution in [0.25, 0.3) is 0 Å². The lowest BCUT2D eigenvalue weighted by Crippen LogP contribution is -2.42. The van der Waals surface area contributed by atoms with Crippen LogP contribution in [0, 0.1) is 0 Å². The molecule has 0 saturated carbocycles. The molecule has 0 heterocycles. The highest BCUT2D eigenvalue weighted by Crippen LogP contribution is 2.21. The number of aliphatic hydroxyl groups is 1. The van der Waals surface area contributed by atoms with Gasteiger partial charge < -0.3 is 25.7 Å². The largest absolute Gasteiger partial charge is 0.481 e. The summed E-state index contributed by atoms with van der Waals surface area (Å²) in [6.07, 6.45) is 15.1. The number of hydrogen-bond donors (Lipinski definition) is 5. The van der Waals surface area contributed by atoms with Gasteiger partial charge in [-0.05, 0) is 25.7 Å². The van der Waals surface area contributed by atoms with Gasteiger partial charge in [-0.25, -0.2) is 4.79 Å². The maximum Gasteiger partial charge on any atom is 0.327 e. The van der Waals surface area contributed by atoms with Crippen LogP contribution in [0.15, 0.2) is 48.6 Å². The van der Waals surface area contributed by atoms with Gasteiger partial charge in [0.15, 0.2) is 0 Å². The number of carbonyl (C=O) groups is 4. The van der Waals surface area contributed by atoms with E-state index in [1.807, 2.05) is 18.2 Å². The molecule has 0 aromatic rings. The Morgan fingerprint density at radius 3 is 2.18 bits per heavy atom. The van der Waals surface area contributed by atoms with E-state index in [0.29, 0.717) is 12.8 Å². The first-order chi connectivity index (χ1) is 15.6. The molecule has 0 fully saturated rings. The highest BCUT2D eigenvalue weighted by atomic mass is 32.2. The van der Waals surface area contributed by atoms with Gasteiger partial charge in [0.1, 0.15) is 6.04 Å². The highest BCUT2D eigenvalue weighted by Gasteiger charge is 2.23. The third-order valence-electron chi connectivity index (χ3n) is 4.13. The molecule has 0 rings (SSSR count). The molecule has 184 valence electrons.